The molecule has 1 heterocycles. The number of nitrogens with zero attached hydrogens (tertiary/aromatic N) is 3. The van der Waals surface area contributed by atoms with E-state index in [0.29, 0.717) is 25.0 Å². The number of carbonyl (C=O) groups excluding carboxylic acids is 1. The Morgan fingerprint density at radius 1 is 1.07 bits per heavy atom. The average Bonchev–Trinajstić information content (AvgIpc) is 2.58. The average molecular weight is 399 g/mol. The summed E-state index contributed by atoms with van der Waals surface area (Å²) < 4.78 is 5.24. The van der Waals surface area contributed by atoms with Crippen LogP contribution >= 0.6 is 0 Å². The van der Waals surface area contributed by atoms with Crippen molar-refractivity contribution < 1.29 is 9.53 Å². The van der Waals surface area contributed by atoms with Gasteiger partial charge in [-0.15, -0.1) is 0 Å². The number of hydrogen-bond acceptors (Lipinski definition) is 5. The Morgan fingerprint density at radius 3 is 2.21 bits per heavy atom. The fourth-order valence-electron chi connectivity index (χ4n) is 3.09. The quantitative estimate of drug-likeness (QED) is 0.325. The van der Waals surface area contributed by atoms with Gasteiger partial charge in [0.2, 0.25) is 0 Å². The molecule has 1 rings (SSSR count). The van der Waals surface area contributed by atoms with Gasteiger partial charge in [0.25, 0.3) is 0 Å². The molecule has 1 aliphatic rings. The monoisotopic (exact) mass is 398 g/mol. The molecular formula is C20H42N6O2. The summed E-state index contributed by atoms with van der Waals surface area (Å²) in [5, 5.41) is 9.32. The molecule has 1 fully saturated rings. The molecule has 3 N–H and O–H groups in total. The summed E-state index contributed by atoms with van der Waals surface area (Å²) in [7, 11) is 2.18. The van der Waals surface area contributed by atoms with E-state index in [1.807, 2.05) is 20.8 Å². The van der Waals surface area contributed by atoms with Crippen molar-refractivity contribution in [2.24, 2.45) is 10.9 Å². The number of likely N-dealkylation sites (N-methyl/N-ethyl adjacent to an activating group) is 1. The maximum absolute atomic E-state index is 11.7. The van der Waals surface area contributed by atoms with Crippen molar-refractivity contribution in [3.63, 3.8) is 0 Å². The number of nitrogens with one attached hydrogen (secondary N) is 3. The third-order valence-corrected chi connectivity index (χ3v) is 4.64. The molecule has 8 heteroatoms. The number of aliphatic imine (C=N–C) groups is 1. The van der Waals surface area contributed by atoms with E-state index < -0.39 is 11.7 Å². The van der Waals surface area contributed by atoms with Crippen LogP contribution in [0, 0.1) is 5.92 Å². The number of hydrogen-bond donors (Lipinski definition) is 3. The summed E-state index contributed by atoms with van der Waals surface area (Å²) in [6.07, 6.45) is -0.397. The zero-order chi connectivity index (χ0) is 21.2. The van der Waals surface area contributed by atoms with E-state index in [2.05, 4.69) is 53.6 Å². The van der Waals surface area contributed by atoms with Gasteiger partial charge in [-0.3, -0.25) is 9.89 Å². The fraction of sp³-hybridized carbons (Fsp3) is 0.900. The number of amides is 1. The van der Waals surface area contributed by atoms with Gasteiger partial charge >= 0.3 is 6.09 Å². The Bertz CT molecular complexity index is 482. The summed E-state index contributed by atoms with van der Waals surface area (Å²) in [6, 6.07) is 0.434. The lowest BCUT2D eigenvalue weighted by Crippen LogP contribution is -2.52. The molecule has 164 valence electrons. The molecular weight excluding hydrogens is 356 g/mol. The largest absolute Gasteiger partial charge is 0.444 e. The van der Waals surface area contributed by atoms with Crippen molar-refractivity contribution in [3.05, 3.63) is 0 Å². The number of guanidine groups is 1. The van der Waals surface area contributed by atoms with E-state index in [4.69, 9.17) is 9.73 Å². The maximum Gasteiger partial charge on any atom is 0.407 e. The van der Waals surface area contributed by atoms with E-state index in [1.165, 1.54) is 0 Å². The fourth-order valence-corrected chi connectivity index (χ4v) is 3.09. The Kier molecular flexibility index (Phi) is 10.6. The predicted octanol–water partition coefficient (Wildman–Crippen LogP) is 1.34. The van der Waals surface area contributed by atoms with Crippen LogP contribution < -0.4 is 16.0 Å². The van der Waals surface area contributed by atoms with Gasteiger partial charge in [-0.05, 0) is 40.7 Å². The van der Waals surface area contributed by atoms with Crippen LogP contribution in [0.25, 0.3) is 0 Å². The van der Waals surface area contributed by atoms with E-state index in [-0.39, 0.29) is 0 Å². The van der Waals surface area contributed by atoms with E-state index >= 15 is 0 Å². The first-order valence-electron chi connectivity index (χ1n) is 10.5. The minimum atomic E-state index is -0.483. The van der Waals surface area contributed by atoms with Crippen LogP contribution in [0.2, 0.25) is 0 Å². The van der Waals surface area contributed by atoms with Gasteiger partial charge < -0.3 is 25.6 Å². The van der Waals surface area contributed by atoms with Crippen LogP contribution in [0.15, 0.2) is 4.99 Å². The molecule has 0 spiro atoms. The third kappa shape index (κ3) is 10.1. The molecule has 1 saturated heterocycles. The highest BCUT2D eigenvalue weighted by Crippen LogP contribution is 2.14. The molecule has 0 radical (unpaired) electrons. The number of alkyl carbamates (subject to hydrolysis) is 1. The molecule has 1 atom stereocenters. The van der Waals surface area contributed by atoms with Crippen molar-refractivity contribution in [1.82, 2.24) is 25.8 Å². The highest BCUT2D eigenvalue weighted by molar-refractivity contribution is 5.79. The van der Waals surface area contributed by atoms with Crippen LogP contribution in [-0.4, -0.2) is 92.9 Å². The molecule has 0 bridgehead atoms. The molecule has 1 aliphatic heterocycles. The van der Waals surface area contributed by atoms with Crippen molar-refractivity contribution in [1.29, 1.82) is 0 Å². The van der Waals surface area contributed by atoms with Gasteiger partial charge in [0.15, 0.2) is 5.96 Å². The molecule has 0 aromatic rings. The van der Waals surface area contributed by atoms with Gasteiger partial charge in [0.1, 0.15) is 5.60 Å². The van der Waals surface area contributed by atoms with Gasteiger partial charge in [0, 0.05) is 51.9 Å². The standard InChI is InChI=1S/C20H42N6O2/c1-8-21-18(22-9-10-23-19(27)28-20(4,5)6)24-15-17(16(2)3)26-13-11-25(7)12-14-26/h16-17H,8-15H2,1-7H3,(H,23,27)(H2,21,22,24). The predicted molar refractivity (Wildman–Crippen MR) is 116 cm³/mol. The highest BCUT2D eigenvalue weighted by Gasteiger charge is 2.24. The number of carbonyl (C=O) groups is 1. The smallest absolute Gasteiger partial charge is 0.407 e. The molecule has 8 nitrogen and oxygen atoms in total. The second-order valence-electron chi connectivity index (χ2n) is 8.73. The SMILES string of the molecule is CCNC(=NCC(C(C)C)N1CCN(C)CC1)NCCNC(=O)OC(C)(C)C. The molecule has 28 heavy (non-hydrogen) atoms. The third-order valence-electron chi connectivity index (χ3n) is 4.64. The van der Waals surface area contributed by atoms with Crippen LogP contribution in [-0.2, 0) is 4.74 Å². The highest BCUT2D eigenvalue weighted by atomic mass is 16.6. The number of piperazine rings is 1. The zero-order valence-electron chi connectivity index (χ0n) is 19.0. The molecule has 0 aromatic carbocycles. The Morgan fingerprint density at radius 2 is 1.68 bits per heavy atom. The first-order valence-corrected chi connectivity index (χ1v) is 10.5. The molecule has 1 unspecified atom stereocenters. The Balaban J connectivity index is 2.49. The van der Waals surface area contributed by atoms with Crippen LogP contribution in [0.5, 0.6) is 0 Å². The minimum Gasteiger partial charge on any atom is -0.444 e. The van der Waals surface area contributed by atoms with Crippen molar-refractivity contribution in [3.8, 4) is 0 Å². The number of ether oxygens (including phenoxy) is 1. The first kappa shape index (κ1) is 24.5. The van der Waals surface area contributed by atoms with E-state index in [1.54, 1.807) is 0 Å². The van der Waals surface area contributed by atoms with Gasteiger partial charge in [0.05, 0.1) is 6.54 Å². The number of rotatable bonds is 8. The molecule has 0 aliphatic carbocycles. The Labute approximate surface area is 171 Å². The summed E-state index contributed by atoms with van der Waals surface area (Å²) in [5.41, 5.74) is -0.483. The summed E-state index contributed by atoms with van der Waals surface area (Å²) in [4.78, 5) is 21.4. The lowest BCUT2D eigenvalue weighted by atomic mass is 10.0. The minimum absolute atomic E-state index is 0.397. The first-order chi connectivity index (χ1) is 13.1. The molecule has 1 amide bonds. The van der Waals surface area contributed by atoms with E-state index in [0.717, 1.165) is 45.2 Å². The summed E-state index contributed by atoms with van der Waals surface area (Å²) in [5.74, 6) is 1.33. The van der Waals surface area contributed by atoms with Crippen LogP contribution in [0.4, 0.5) is 4.79 Å². The van der Waals surface area contributed by atoms with E-state index in [9.17, 15) is 4.79 Å². The zero-order valence-corrected chi connectivity index (χ0v) is 19.0. The maximum atomic E-state index is 11.7. The van der Waals surface area contributed by atoms with Crippen molar-refractivity contribution >= 4 is 12.1 Å². The topological polar surface area (TPSA) is 81.2 Å². The van der Waals surface area contributed by atoms with Crippen LogP contribution in [0.3, 0.4) is 0 Å². The molecule has 0 saturated carbocycles. The summed E-state index contributed by atoms with van der Waals surface area (Å²) in [6.45, 7) is 19.2. The van der Waals surface area contributed by atoms with Crippen molar-refractivity contribution in [2.75, 3.05) is 59.4 Å². The normalized spacial score (nSPS) is 18.1. The second kappa shape index (κ2) is 12.1. The van der Waals surface area contributed by atoms with Crippen LogP contribution in [0.1, 0.15) is 41.5 Å². The van der Waals surface area contributed by atoms with Gasteiger partial charge in [-0.1, -0.05) is 13.8 Å². The van der Waals surface area contributed by atoms with Crippen molar-refractivity contribution in [2.45, 2.75) is 53.2 Å². The molecule has 0 aromatic heterocycles. The van der Waals surface area contributed by atoms with Gasteiger partial charge in [-0.25, -0.2) is 4.79 Å². The Hall–Kier alpha value is -1.54. The van der Waals surface area contributed by atoms with Gasteiger partial charge in [-0.2, -0.15) is 0 Å². The summed E-state index contributed by atoms with van der Waals surface area (Å²) >= 11 is 0. The second-order valence-corrected chi connectivity index (χ2v) is 8.73. The lowest BCUT2D eigenvalue weighted by Gasteiger charge is -2.39. The lowest BCUT2D eigenvalue weighted by molar-refractivity contribution is 0.0529.